The Morgan fingerprint density at radius 2 is 1.67 bits per heavy atom. The average Bonchev–Trinajstić information content (AvgIpc) is 3.22. The van der Waals surface area contributed by atoms with Gasteiger partial charge in [-0.05, 0) is 49.2 Å². The van der Waals surface area contributed by atoms with Gasteiger partial charge in [0.25, 0.3) is 0 Å². The largest absolute Gasteiger partial charge is 1.00 e. The van der Waals surface area contributed by atoms with Crippen molar-refractivity contribution in [2.75, 3.05) is 6.61 Å². The number of hydrogen-bond acceptors (Lipinski definition) is 5. The number of ether oxygens (including phenoxy) is 1. The molecule has 0 saturated carbocycles. The third kappa shape index (κ3) is 6.85. The minimum absolute atomic E-state index is 0. The van der Waals surface area contributed by atoms with Gasteiger partial charge in [-0.1, -0.05) is 41.9 Å². The van der Waals surface area contributed by atoms with Crippen LogP contribution in [0.1, 0.15) is 38.8 Å². The van der Waals surface area contributed by atoms with Gasteiger partial charge < -0.3 is 21.7 Å². The van der Waals surface area contributed by atoms with Gasteiger partial charge in [0.1, 0.15) is 4.21 Å². The smallest absolute Gasteiger partial charge is 0.310 e. The van der Waals surface area contributed by atoms with Crippen LogP contribution in [0.5, 0.6) is 0 Å². The van der Waals surface area contributed by atoms with Crippen LogP contribution in [0.15, 0.2) is 83.3 Å². The molecule has 0 saturated heterocycles. The zero-order chi connectivity index (χ0) is 24.8. The van der Waals surface area contributed by atoms with E-state index in [1.807, 2.05) is 54.2 Å². The normalized spacial score (nSPS) is 10.5. The van der Waals surface area contributed by atoms with E-state index in [1.54, 1.807) is 43.0 Å². The summed E-state index contributed by atoms with van der Waals surface area (Å²) in [4.78, 5) is 26.8. The molecule has 0 atom stereocenters. The highest BCUT2D eigenvalue weighted by Gasteiger charge is 2.31. The topological polar surface area (TPSA) is 47.3 Å². The van der Waals surface area contributed by atoms with Crippen molar-refractivity contribution in [3.8, 4) is 5.69 Å². The first-order valence-electron chi connectivity index (χ1n) is 11.2. The van der Waals surface area contributed by atoms with E-state index in [9.17, 15) is 9.59 Å². The van der Waals surface area contributed by atoms with Crippen molar-refractivity contribution in [3.05, 3.63) is 111 Å². The van der Waals surface area contributed by atoms with E-state index in [2.05, 4.69) is 12.1 Å². The van der Waals surface area contributed by atoms with Crippen LogP contribution < -0.4 is 21.5 Å². The molecule has 0 N–H and O–H groups in total. The molecule has 36 heavy (non-hydrogen) atoms. The lowest BCUT2D eigenvalue weighted by Gasteiger charge is -2.06. The standard InChI is InChI=1S/C28H25ClNO3S2.BrH/c1-3-33-24(31)17-23-25(30-15-13-19(2)14-16-30)28(34-18-20-7-5-4-6-8-20)35-27(23)26(32)21-9-11-22(29)12-10-21;/h4-16H,3,17-18H2,1-2H3;1H/q+1;/p-1. The predicted molar refractivity (Wildman–Crippen MR) is 142 cm³/mol. The number of carbonyl (C=O) groups excluding carboxylic acids is 2. The zero-order valence-corrected chi connectivity index (χ0v) is 23.8. The number of carbonyl (C=O) groups is 2. The molecule has 2 aromatic carbocycles. The lowest BCUT2D eigenvalue weighted by molar-refractivity contribution is -0.598. The van der Waals surface area contributed by atoms with E-state index in [0.717, 1.165) is 21.2 Å². The quantitative estimate of drug-likeness (QED) is 0.127. The number of thiophene rings is 1. The Kier molecular flexibility index (Phi) is 10.3. The van der Waals surface area contributed by atoms with Crippen LogP contribution in [0.4, 0.5) is 0 Å². The van der Waals surface area contributed by atoms with Crippen molar-refractivity contribution in [1.29, 1.82) is 0 Å². The SMILES string of the molecule is CCOC(=O)Cc1c(C(=O)c2ccc(Cl)cc2)sc(SCc2ccccc2)c1-[n+]1ccc(C)cc1.[Br-]. The number of hydrogen-bond donors (Lipinski definition) is 0. The maximum absolute atomic E-state index is 13.6. The second-order valence-electron chi connectivity index (χ2n) is 7.92. The van der Waals surface area contributed by atoms with Crippen molar-refractivity contribution in [2.24, 2.45) is 0 Å². The summed E-state index contributed by atoms with van der Waals surface area (Å²) in [5, 5.41) is 0.564. The molecule has 2 aromatic heterocycles. The number of aromatic nitrogens is 1. The van der Waals surface area contributed by atoms with Gasteiger partial charge in [-0.25, -0.2) is 0 Å². The number of halogens is 2. The highest BCUT2D eigenvalue weighted by atomic mass is 79.9. The van der Waals surface area contributed by atoms with Gasteiger partial charge in [0.15, 0.2) is 12.4 Å². The van der Waals surface area contributed by atoms with E-state index < -0.39 is 0 Å². The number of pyridine rings is 1. The number of thioether (sulfide) groups is 1. The van der Waals surface area contributed by atoms with Gasteiger partial charge in [-0.3, -0.25) is 9.59 Å². The Morgan fingerprint density at radius 1 is 1.00 bits per heavy atom. The molecule has 0 aliphatic rings. The third-order valence-corrected chi connectivity index (χ3v) is 8.16. The summed E-state index contributed by atoms with van der Waals surface area (Å²) in [6.45, 7) is 4.09. The molecule has 4 rings (SSSR count). The van der Waals surface area contributed by atoms with Crippen LogP contribution in [0.25, 0.3) is 5.69 Å². The predicted octanol–water partition coefficient (Wildman–Crippen LogP) is 3.62. The maximum atomic E-state index is 13.6. The fourth-order valence-corrected chi connectivity index (χ4v) is 6.26. The van der Waals surface area contributed by atoms with E-state index >= 15 is 0 Å². The number of aryl methyl sites for hydroxylation is 1. The van der Waals surface area contributed by atoms with Crippen LogP contribution in [-0.2, 0) is 21.7 Å². The Bertz CT molecular complexity index is 1320. The molecule has 0 fully saturated rings. The summed E-state index contributed by atoms with van der Waals surface area (Å²) < 4.78 is 8.23. The van der Waals surface area contributed by atoms with Gasteiger partial charge in [0.2, 0.25) is 11.5 Å². The van der Waals surface area contributed by atoms with Gasteiger partial charge >= 0.3 is 5.97 Å². The van der Waals surface area contributed by atoms with Crippen LogP contribution >= 0.6 is 34.7 Å². The second-order valence-corrected chi connectivity index (χ2v) is 10.6. The highest BCUT2D eigenvalue weighted by Crippen LogP contribution is 2.39. The van der Waals surface area contributed by atoms with Crippen molar-refractivity contribution in [2.45, 2.75) is 30.2 Å². The molecule has 0 spiro atoms. The maximum Gasteiger partial charge on any atom is 0.310 e. The third-order valence-electron chi connectivity index (χ3n) is 5.35. The minimum atomic E-state index is -0.357. The van der Waals surface area contributed by atoms with Gasteiger partial charge in [0.05, 0.1) is 23.5 Å². The van der Waals surface area contributed by atoms with E-state index in [4.69, 9.17) is 16.3 Å². The van der Waals surface area contributed by atoms with Crippen molar-refractivity contribution < 1.29 is 35.9 Å². The van der Waals surface area contributed by atoms with Gasteiger partial charge in [-0.15, -0.1) is 23.1 Å². The Hall–Kier alpha value is -2.45. The van der Waals surface area contributed by atoms with Gasteiger partial charge in [0, 0.05) is 28.5 Å². The van der Waals surface area contributed by atoms with Crippen molar-refractivity contribution in [3.63, 3.8) is 0 Å². The lowest BCUT2D eigenvalue weighted by atomic mass is 10.0. The van der Waals surface area contributed by atoms with Crippen LogP contribution in [0.3, 0.4) is 0 Å². The molecule has 4 aromatic rings. The molecule has 0 aliphatic carbocycles. The second kappa shape index (κ2) is 13.2. The molecule has 186 valence electrons. The first kappa shape index (κ1) is 28.1. The Labute approximate surface area is 235 Å². The molecule has 0 aliphatic heterocycles. The average molecular weight is 603 g/mol. The van der Waals surface area contributed by atoms with E-state index in [0.29, 0.717) is 21.0 Å². The number of rotatable bonds is 9. The summed E-state index contributed by atoms with van der Waals surface area (Å²) in [6.07, 6.45) is 3.95. The molecule has 0 radical (unpaired) electrons. The first-order valence-corrected chi connectivity index (χ1v) is 13.4. The molecular formula is C28H25BrClNO3S2. The Balaban J connectivity index is 0.00000361. The molecule has 2 heterocycles. The summed E-state index contributed by atoms with van der Waals surface area (Å²) in [5.74, 6) is 0.254. The number of esters is 1. The van der Waals surface area contributed by atoms with E-state index in [-0.39, 0.29) is 41.8 Å². The summed E-state index contributed by atoms with van der Waals surface area (Å²) in [5.41, 5.74) is 4.36. The van der Waals surface area contributed by atoms with Crippen molar-refractivity contribution >= 4 is 46.5 Å². The molecule has 0 bridgehead atoms. The lowest BCUT2D eigenvalue weighted by Crippen LogP contribution is -3.00. The van der Waals surface area contributed by atoms with Crippen molar-refractivity contribution in [1.82, 2.24) is 0 Å². The highest BCUT2D eigenvalue weighted by molar-refractivity contribution is 8.00. The summed E-state index contributed by atoms with van der Waals surface area (Å²) in [7, 11) is 0. The summed E-state index contributed by atoms with van der Waals surface area (Å²) in [6, 6.07) is 21.0. The monoisotopic (exact) mass is 601 g/mol. The number of benzene rings is 2. The molecule has 4 nitrogen and oxygen atoms in total. The first-order chi connectivity index (χ1) is 17.0. The van der Waals surface area contributed by atoms with Crippen LogP contribution in [-0.4, -0.2) is 18.4 Å². The molecule has 8 heteroatoms. The minimum Gasteiger partial charge on any atom is -1.00 e. The van der Waals surface area contributed by atoms with Crippen LogP contribution in [0, 0.1) is 6.92 Å². The molecule has 0 unspecified atom stereocenters. The fourth-order valence-electron chi connectivity index (χ4n) is 3.60. The fraction of sp³-hybridized carbons (Fsp3) is 0.179. The van der Waals surface area contributed by atoms with Gasteiger partial charge in [-0.2, -0.15) is 4.57 Å². The summed E-state index contributed by atoms with van der Waals surface area (Å²) >= 11 is 9.13. The number of nitrogens with zero attached hydrogens (tertiary/aromatic N) is 1. The number of ketones is 1. The molecule has 0 amide bonds. The Morgan fingerprint density at radius 3 is 2.31 bits per heavy atom. The van der Waals surface area contributed by atoms with E-state index in [1.165, 1.54) is 16.9 Å². The zero-order valence-electron chi connectivity index (χ0n) is 19.9. The molecular weight excluding hydrogens is 578 g/mol. The van der Waals surface area contributed by atoms with Crippen LogP contribution in [0.2, 0.25) is 5.02 Å².